The molecule has 2 aromatic rings. The largest absolute Gasteiger partial charge is 0.474 e. The van der Waals surface area contributed by atoms with Crippen LogP contribution in [0.4, 0.5) is 13.2 Å². The van der Waals surface area contributed by atoms with E-state index in [0.717, 1.165) is 24.3 Å². The van der Waals surface area contributed by atoms with Crippen molar-refractivity contribution in [2.24, 2.45) is 0 Å². The molecule has 0 fully saturated rings. The molecule has 94 valence electrons. The van der Waals surface area contributed by atoms with E-state index >= 15 is 0 Å². The highest BCUT2D eigenvalue weighted by atomic mass is 19.4. The number of halogens is 3. The third-order valence-corrected chi connectivity index (χ3v) is 2.07. The maximum atomic E-state index is 12.3. The van der Waals surface area contributed by atoms with E-state index in [1.807, 2.05) is 0 Å². The fraction of sp³-hybridized carbons (Fsp3) is 0.100. The summed E-state index contributed by atoms with van der Waals surface area (Å²) in [5.74, 6) is -2.17. The van der Waals surface area contributed by atoms with Gasteiger partial charge in [0.2, 0.25) is 5.89 Å². The molecule has 0 unspecified atom stereocenters. The number of carboxylic acids is 1. The van der Waals surface area contributed by atoms with Crippen LogP contribution in [0.3, 0.4) is 0 Å². The number of hydrogen-bond donors (Lipinski definition) is 1. The summed E-state index contributed by atoms with van der Waals surface area (Å²) in [4.78, 5) is 10.5. The Bertz CT molecular complexity index is 575. The Morgan fingerprint density at radius 2 is 1.78 bits per heavy atom. The molecule has 2 rings (SSSR count). The van der Waals surface area contributed by atoms with Crippen LogP contribution in [-0.4, -0.2) is 21.3 Å². The van der Waals surface area contributed by atoms with Crippen LogP contribution in [-0.2, 0) is 6.18 Å². The summed E-state index contributed by atoms with van der Waals surface area (Å²) in [6.45, 7) is 0. The van der Waals surface area contributed by atoms with Crippen molar-refractivity contribution in [1.29, 1.82) is 0 Å². The molecule has 0 aliphatic carbocycles. The average Bonchev–Trinajstić information content (AvgIpc) is 2.77. The van der Waals surface area contributed by atoms with Gasteiger partial charge in [-0.05, 0) is 24.3 Å². The van der Waals surface area contributed by atoms with E-state index in [2.05, 4.69) is 10.2 Å². The van der Waals surface area contributed by atoms with Crippen molar-refractivity contribution in [3.8, 4) is 11.5 Å². The lowest BCUT2D eigenvalue weighted by Crippen LogP contribution is -2.03. The maximum Gasteiger partial charge on any atom is 0.416 e. The number of alkyl halides is 3. The summed E-state index contributed by atoms with van der Waals surface area (Å²) < 4.78 is 41.7. The van der Waals surface area contributed by atoms with Crippen LogP contribution in [0.2, 0.25) is 0 Å². The molecule has 0 aliphatic rings. The van der Waals surface area contributed by atoms with Crippen LogP contribution in [0.15, 0.2) is 28.7 Å². The van der Waals surface area contributed by atoms with Gasteiger partial charge in [-0.25, -0.2) is 4.79 Å². The number of aromatic carboxylic acids is 1. The first kappa shape index (κ1) is 12.1. The van der Waals surface area contributed by atoms with E-state index in [0.29, 0.717) is 0 Å². The second kappa shape index (κ2) is 4.13. The number of carboxylic acid groups (broad SMARTS) is 1. The van der Waals surface area contributed by atoms with E-state index in [9.17, 15) is 18.0 Å². The molecule has 0 spiro atoms. The van der Waals surface area contributed by atoms with Gasteiger partial charge in [0, 0.05) is 5.56 Å². The molecule has 5 nitrogen and oxygen atoms in total. The van der Waals surface area contributed by atoms with Crippen LogP contribution in [0.5, 0.6) is 0 Å². The van der Waals surface area contributed by atoms with Crippen LogP contribution >= 0.6 is 0 Å². The highest BCUT2D eigenvalue weighted by Gasteiger charge is 2.30. The first-order valence-electron chi connectivity index (χ1n) is 4.62. The molecule has 0 bridgehead atoms. The lowest BCUT2D eigenvalue weighted by atomic mass is 10.1. The van der Waals surface area contributed by atoms with E-state index in [-0.39, 0.29) is 11.5 Å². The van der Waals surface area contributed by atoms with Crippen molar-refractivity contribution in [2.45, 2.75) is 6.18 Å². The molecule has 0 saturated heterocycles. The predicted octanol–water partition coefficient (Wildman–Crippen LogP) is 2.45. The van der Waals surface area contributed by atoms with Gasteiger partial charge in [-0.15, -0.1) is 10.2 Å². The minimum Gasteiger partial charge on any atom is -0.474 e. The molecule has 1 N–H and O–H groups in total. The van der Waals surface area contributed by atoms with Crippen molar-refractivity contribution in [3.05, 3.63) is 35.7 Å². The first-order chi connectivity index (χ1) is 8.38. The number of nitrogens with zero attached hydrogens (tertiary/aromatic N) is 2. The first-order valence-corrected chi connectivity index (χ1v) is 4.62. The summed E-state index contributed by atoms with van der Waals surface area (Å²) in [6.07, 6.45) is -4.43. The summed E-state index contributed by atoms with van der Waals surface area (Å²) in [5.41, 5.74) is -0.604. The van der Waals surface area contributed by atoms with Gasteiger partial charge >= 0.3 is 18.0 Å². The molecule has 18 heavy (non-hydrogen) atoms. The topological polar surface area (TPSA) is 76.2 Å². The van der Waals surface area contributed by atoms with Gasteiger partial charge in [-0.1, -0.05) is 0 Å². The zero-order chi connectivity index (χ0) is 13.3. The molecule has 0 amide bonds. The van der Waals surface area contributed by atoms with Crippen molar-refractivity contribution < 1.29 is 27.5 Å². The molecule has 0 saturated carbocycles. The van der Waals surface area contributed by atoms with Crippen molar-refractivity contribution in [1.82, 2.24) is 10.2 Å². The molecule has 1 aromatic heterocycles. The van der Waals surface area contributed by atoms with Gasteiger partial charge in [0.1, 0.15) is 0 Å². The van der Waals surface area contributed by atoms with Crippen LogP contribution in [0, 0.1) is 0 Å². The Morgan fingerprint density at radius 1 is 1.17 bits per heavy atom. The van der Waals surface area contributed by atoms with Crippen LogP contribution < -0.4 is 0 Å². The second-order valence-electron chi connectivity index (χ2n) is 3.29. The van der Waals surface area contributed by atoms with E-state index in [4.69, 9.17) is 9.52 Å². The summed E-state index contributed by atoms with van der Waals surface area (Å²) in [6, 6.07) is 3.95. The number of rotatable bonds is 2. The normalized spacial score (nSPS) is 11.5. The fourth-order valence-electron chi connectivity index (χ4n) is 1.23. The third kappa shape index (κ3) is 2.31. The number of carbonyl (C=O) groups is 1. The Hall–Kier alpha value is -2.38. The monoisotopic (exact) mass is 258 g/mol. The lowest BCUT2D eigenvalue weighted by molar-refractivity contribution is -0.137. The fourth-order valence-corrected chi connectivity index (χ4v) is 1.23. The lowest BCUT2D eigenvalue weighted by Gasteiger charge is -2.05. The van der Waals surface area contributed by atoms with Crippen molar-refractivity contribution >= 4 is 5.97 Å². The van der Waals surface area contributed by atoms with Gasteiger partial charge < -0.3 is 9.52 Å². The van der Waals surface area contributed by atoms with Gasteiger partial charge in [0.05, 0.1) is 5.56 Å². The van der Waals surface area contributed by atoms with Crippen LogP contribution in [0.25, 0.3) is 11.5 Å². The molecule has 0 atom stereocenters. The minimum atomic E-state index is -4.43. The predicted molar refractivity (Wildman–Crippen MR) is 51.7 cm³/mol. The molecule has 8 heteroatoms. The zero-order valence-corrected chi connectivity index (χ0v) is 8.60. The summed E-state index contributed by atoms with van der Waals surface area (Å²) >= 11 is 0. The quantitative estimate of drug-likeness (QED) is 0.895. The van der Waals surface area contributed by atoms with E-state index in [1.165, 1.54) is 0 Å². The summed E-state index contributed by atoms with van der Waals surface area (Å²) in [7, 11) is 0. The molecule has 0 radical (unpaired) electrons. The van der Waals surface area contributed by atoms with Crippen molar-refractivity contribution in [2.75, 3.05) is 0 Å². The Balaban J connectivity index is 2.31. The Labute approximate surface area is 97.9 Å². The molecular weight excluding hydrogens is 253 g/mol. The minimum absolute atomic E-state index is 0.152. The number of hydrogen-bond acceptors (Lipinski definition) is 4. The smallest absolute Gasteiger partial charge is 0.416 e. The summed E-state index contributed by atoms with van der Waals surface area (Å²) in [5, 5.41) is 15.2. The SMILES string of the molecule is O=C(O)c1nnc(-c2ccc(C(F)(F)F)cc2)o1. The average molecular weight is 258 g/mol. The number of aromatic nitrogens is 2. The Kier molecular flexibility index (Phi) is 2.77. The third-order valence-electron chi connectivity index (χ3n) is 2.07. The van der Waals surface area contributed by atoms with Gasteiger partial charge in [0.25, 0.3) is 0 Å². The highest BCUT2D eigenvalue weighted by Crippen LogP contribution is 2.30. The highest BCUT2D eigenvalue weighted by molar-refractivity contribution is 5.82. The molecule has 0 aliphatic heterocycles. The standard InChI is InChI=1S/C10H5F3N2O3/c11-10(12,13)6-3-1-5(2-4-6)7-14-15-8(18-7)9(16)17/h1-4H,(H,16,17). The van der Waals surface area contributed by atoms with E-state index in [1.54, 1.807) is 0 Å². The van der Waals surface area contributed by atoms with Crippen molar-refractivity contribution in [3.63, 3.8) is 0 Å². The van der Waals surface area contributed by atoms with Gasteiger partial charge in [-0.3, -0.25) is 0 Å². The second-order valence-corrected chi connectivity index (χ2v) is 3.29. The zero-order valence-electron chi connectivity index (χ0n) is 8.60. The molecular formula is C10H5F3N2O3. The van der Waals surface area contributed by atoms with Crippen LogP contribution in [0.1, 0.15) is 16.2 Å². The van der Waals surface area contributed by atoms with Gasteiger partial charge in [0.15, 0.2) is 0 Å². The Morgan fingerprint density at radius 3 is 2.22 bits per heavy atom. The maximum absolute atomic E-state index is 12.3. The molecule has 1 aromatic carbocycles. The van der Waals surface area contributed by atoms with E-state index < -0.39 is 23.6 Å². The van der Waals surface area contributed by atoms with Gasteiger partial charge in [-0.2, -0.15) is 13.2 Å². The molecule has 1 heterocycles. The number of benzene rings is 1.